The molecule has 1 saturated heterocycles. The number of hydrogen-bond acceptors (Lipinski definition) is 5. The molecule has 1 aliphatic rings. The number of benzene rings is 2. The van der Waals surface area contributed by atoms with Crippen molar-refractivity contribution in [2.24, 2.45) is 7.05 Å². The number of aryl methyl sites for hydroxylation is 2. The SMILES string of the molecule is Cc1cc2c(cnn2-c2ccc(F)cc2)cc1N1CC[C@@H](N(C)S(=O)(=O)c2cnn(C)c2)C1. The van der Waals surface area contributed by atoms with E-state index in [1.807, 2.05) is 6.92 Å². The van der Waals surface area contributed by atoms with E-state index in [0.29, 0.717) is 6.54 Å². The Bertz CT molecular complexity index is 1430. The van der Waals surface area contributed by atoms with Gasteiger partial charge in [-0.3, -0.25) is 4.68 Å². The van der Waals surface area contributed by atoms with E-state index in [1.165, 1.54) is 33.5 Å². The summed E-state index contributed by atoms with van der Waals surface area (Å²) in [6.07, 6.45) is 5.45. The second-order valence-electron chi connectivity index (χ2n) is 8.49. The Balaban J connectivity index is 1.40. The third-order valence-electron chi connectivity index (χ3n) is 6.33. The highest BCUT2D eigenvalue weighted by Gasteiger charge is 2.34. The number of sulfonamides is 1. The van der Waals surface area contributed by atoms with Gasteiger partial charge in [-0.05, 0) is 55.3 Å². The Morgan fingerprint density at radius 3 is 2.58 bits per heavy atom. The first kappa shape index (κ1) is 21.6. The van der Waals surface area contributed by atoms with Crippen molar-refractivity contribution in [3.05, 3.63) is 66.4 Å². The molecule has 0 amide bonds. The average molecular weight is 469 g/mol. The summed E-state index contributed by atoms with van der Waals surface area (Å²) in [5.74, 6) is -0.284. The molecule has 8 nitrogen and oxygen atoms in total. The first-order valence-electron chi connectivity index (χ1n) is 10.7. The molecule has 1 aliphatic heterocycles. The minimum Gasteiger partial charge on any atom is -0.370 e. The highest BCUT2D eigenvalue weighted by molar-refractivity contribution is 7.89. The molecule has 0 aliphatic carbocycles. The first-order chi connectivity index (χ1) is 15.7. The first-order valence-corrected chi connectivity index (χ1v) is 12.1. The van der Waals surface area contributed by atoms with Crippen molar-refractivity contribution >= 4 is 26.6 Å². The highest BCUT2D eigenvalue weighted by Crippen LogP contribution is 2.32. The molecule has 0 N–H and O–H groups in total. The molecule has 1 atom stereocenters. The van der Waals surface area contributed by atoms with Crippen LogP contribution in [0.2, 0.25) is 0 Å². The standard InChI is InChI=1S/C23H25FN6O2S/c1-16-10-23-17(12-26-30(23)19-6-4-18(24)5-7-19)11-22(16)29-9-8-20(14-29)28(3)33(31,32)21-13-25-27(2)15-21/h4-7,10-13,15,20H,8-9,14H2,1-3H3/t20-/m1/s1. The number of nitrogens with zero attached hydrogens (tertiary/aromatic N) is 6. The van der Waals surface area contributed by atoms with Gasteiger partial charge in [0.15, 0.2) is 0 Å². The molecule has 0 bridgehead atoms. The molecule has 1 fully saturated rings. The smallest absolute Gasteiger partial charge is 0.246 e. The summed E-state index contributed by atoms with van der Waals surface area (Å²) < 4.78 is 44.1. The number of rotatable bonds is 5. The van der Waals surface area contributed by atoms with Crippen molar-refractivity contribution in [1.82, 2.24) is 23.9 Å². The van der Waals surface area contributed by atoms with Gasteiger partial charge in [0.2, 0.25) is 10.0 Å². The number of hydrogen-bond donors (Lipinski definition) is 0. The maximum atomic E-state index is 13.3. The van der Waals surface area contributed by atoms with Gasteiger partial charge in [-0.25, -0.2) is 17.5 Å². The normalized spacial score (nSPS) is 16.9. The molecule has 33 heavy (non-hydrogen) atoms. The van der Waals surface area contributed by atoms with Gasteiger partial charge in [-0.1, -0.05) is 0 Å². The van der Waals surface area contributed by atoms with Gasteiger partial charge in [-0.15, -0.1) is 0 Å². The van der Waals surface area contributed by atoms with Gasteiger partial charge < -0.3 is 4.90 Å². The number of fused-ring (bicyclic) bond motifs is 1. The molecule has 2 aromatic carbocycles. The third kappa shape index (κ3) is 3.79. The molecule has 5 rings (SSSR count). The van der Waals surface area contributed by atoms with E-state index < -0.39 is 10.0 Å². The highest BCUT2D eigenvalue weighted by atomic mass is 32.2. The van der Waals surface area contributed by atoms with Gasteiger partial charge in [0.05, 0.1) is 23.6 Å². The lowest BCUT2D eigenvalue weighted by molar-refractivity contribution is 0.390. The lowest BCUT2D eigenvalue weighted by atomic mass is 10.1. The van der Waals surface area contributed by atoms with Crippen molar-refractivity contribution in [2.45, 2.75) is 24.3 Å². The quantitative estimate of drug-likeness (QED) is 0.450. The summed E-state index contributed by atoms with van der Waals surface area (Å²) in [4.78, 5) is 2.43. The topological polar surface area (TPSA) is 76.3 Å². The van der Waals surface area contributed by atoms with E-state index in [9.17, 15) is 12.8 Å². The minimum absolute atomic E-state index is 0.132. The van der Waals surface area contributed by atoms with Crippen LogP contribution in [0.3, 0.4) is 0 Å². The zero-order valence-corrected chi connectivity index (χ0v) is 19.5. The van der Waals surface area contributed by atoms with Crippen molar-refractivity contribution in [2.75, 3.05) is 25.0 Å². The molecular formula is C23H25FN6O2S. The van der Waals surface area contributed by atoms with Crippen LogP contribution in [0.1, 0.15) is 12.0 Å². The fourth-order valence-corrected chi connectivity index (χ4v) is 5.81. The Hall–Kier alpha value is -3.24. The van der Waals surface area contributed by atoms with Crippen LogP contribution in [0.5, 0.6) is 0 Å². The Morgan fingerprint density at radius 2 is 1.88 bits per heavy atom. The van der Waals surface area contributed by atoms with E-state index in [4.69, 9.17) is 0 Å². The van der Waals surface area contributed by atoms with E-state index in [1.54, 1.807) is 37.1 Å². The fraction of sp³-hybridized carbons (Fsp3) is 0.304. The van der Waals surface area contributed by atoms with E-state index in [0.717, 1.165) is 40.8 Å². The minimum atomic E-state index is -3.60. The summed E-state index contributed by atoms with van der Waals surface area (Å²) in [5, 5.41) is 9.46. The second-order valence-corrected chi connectivity index (χ2v) is 10.5. The number of aromatic nitrogens is 4. The predicted octanol–water partition coefficient (Wildman–Crippen LogP) is 3.11. The lowest BCUT2D eigenvalue weighted by Gasteiger charge is -2.25. The van der Waals surface area contributed by atoms with Crippen molar-refractivity contribution in [1.29, 1.82) is 0 Å². The molecular weight excluding hydrogens is 443 g/mol. The Morgan fingerprint density at radius 1 is 1.12 bits per heavy atom. The monoisotopic (exact) mass is 468 g/mol. The van der Waals surface area contributed by atoms with Crippen LogP contribution in [0, 0.1) is 12.7 Å². The maximum absolute atomic E-state index is 13.3. The Kier molecular flexibility index (Phi) is 5.21. The van der Waals surface area contributed by atoms with E-state index in [-0.39, 0.29) is 16.8 Å². The third-order valence-corrected chi connectivity index (χ3v) is 8.20. The van der Waals surface area contributed by atoms with Crippen LogP contribution < -0.4 is 4.90 Å². The largest absolute Gasteiger partial charge is 0.370 e. The summed E-state index contributed by atoms with van der Waals surface area (Å²) in [5.41, 5.74) is 3.87. The van der Waals surface area contributed by atoms with Gasteiger partial charge >= 0.3 is 0 Å². The summed E-state index contributed by atoms with van der Waals surface area (Å²) >= 11 is 0. The van der Waals surface area contributed by atoms with Gasteiger partial charge in [0.1, 0.15) is 10.7 Å². The average Bonchev–Trinajstić information content (AvgIpc) is 3.53. The van der Waals surface area contributed by atoms with Gasteiger partial charge in [-0.2, -0.15) is 14.5 Å². The van der Waals surface area contributed by atoms with Crippen LogP contribution >= 0.6 is 0 Å². The summed E-state index contributed by atoms with van der Waals surface area (Å²) in [6, 6.07) is 10.3. The van der Waals surface area contributed by atoms with Crippen LogP contribution in [0.25, 0.3) is 16.6 Å². The van der Waals surface area contributed by atoms with Crippen LogP contribution in [0.4, 0.5) is 10.1 Å². The second kappa shape index (κ2) is 7.96. The molecule has 0 unspecified atom stereocenters. The number of halogens is 1. The predicted molar refractivity (Wildman–Crippen MR) is 125 cm³/mol. The number of anilines is 1. The summed E-state index contributed by atoms with van der Waals surface area (Å²) in [6.45, 7) is 3.41. The number of likely N-dealkylation sites (N-methyl/N-ethyl adjacent to an activating group) is 1. The molecule has 0 saturated carbocycles. The van der Waals surface area contributed by atoms with Crippen LogP contribution in [-0.2, 0) is 17.1 Å². The molecule has 3 heterocycles. The lowest BCUT2D eigenvalue weighted by Crippen LogP contribution is -2.39. The molecule has 0 spiro atoms. The van der Waals surface area contributed by atoms with Crippen molar-refractivity contribution < 1.29 is 12.8 Å². The molecule has 2 aromatic heterocycles. The van der Waals surface area contributed by atoms with Crippen LogP contribution in [-0.4, -0.2) is 58.5 Å². The molecule has 172 valence electrons. The molecule has 4 aromatic rings. The van der Waals surface area contributed by atoms with E-state index >= 15 is 0 Å². The molecule has 10 heteroatoms. The zero-order valence-electron chi connectivity index (χ0n) is 18.7. The molecule has 0 radical (unpaired) electrons. The van der Waals surface area contributed by atoms with Crippen molar-refractivity contribution in [3.8, 4) is 5.69 Å². The Labute approximate surface area is 191 Å². The fourth-order valence-electron chi connectivity index (χ4n) is 4.45. The van der Waals surface area contributed by atoms with Crippen molar-refractivity contribution in [3.63, 3.8) is 0 Å². The maximum Gasteiger partial charge on any atom is 0.246 e. The van der Waals surface area contributed by atoms with Crippen LogP contribution in [0.15, 0.2) is 59.9 Å². The van der Waals surface area contributed by atoms with Gasteiger partial charge in [0, 0.05) is 50.5 Å². The van der Waals surface area contributed by atoms with Gasteiger partial charge in [0.25, 0.3) is 0 Å². The zero-order chi connectivity index (χ0) is 23.3. The summed E-state index contributed by atoms with van der Waals surface area (Å²) in [7, 11) is -0.259. The van der Waals surface area contributed by atoms with E-state index in [2.05, 4.69) is 27.2 Å².